The minimum Gasteiger partial charge on any atom is -0.858 e. The molecule has 0 unspecified atom stereocenters. The Labute approximate surface area is 143 Å². The first-order valence-corrected chi connectivity index (χ1v) is 8.60. The summed E-state index contributed by atoms with van der Waals surface area (Å²) in [5.74, 6) is -1.23. The van der Waals surface area contributed by atoms with Gasteiger partial charge in [0.1, 0.15) is 23.1 Å². The first kappa shape index (κ1) is 17.0. The number of nitrogens with one attached hydrogen (secondary N) is 1. The van der Waals surface area contributed by atoms with Crippen LogP contribution in [0.3, 0.4) is 0 Å². The number of sulfonamides is 1. The van der Waals surface area contributed by atoms with Crippen LogP contribution in [-0.4, -0.2) is 39.6 Å². The molecule has 10 heteroatoms. The van der Waals surface area contributed by atoms with Gasteiger partial charge in [0, 0.05) is 5.56 Å². The molecule has 2 aromatic rings. The van der Waals surface area contributed by atoms with E-state index in [1.165, 1.54) is 25.4 Å². The van der Waals surface area contributed by atoms with Crippen LogP contribution < -0.4 is 19.3 Å². The molecule has 0 saturated carbocycles. The molecule has 2 heterocycles. The number of methoxy groups -OCH3 is 1. The zero-order valence-corrected chi connectivity index (χ0v) is 13.8. The number of hydrogen-bond donors (Lipinski definition) is 1. The second-order valence-corrected chi connectivity index (χ2v) is 6.66. The number of aliphatic imine (C=N–C) groups is 1. The number of halogens is 1. The molecule has 0 aliphatic carbocycles. The van der Waals surface area contributed by atoms with Crippen molar-refractivity contribution in [3.63, 3.8) is 0 Å². The van der Waals surface area contributed by atoms with E-state index in [9.17, 15) is 17.9 Å². The Morgan fingerprint density at radius 2 is 2.16 bits per heavy atom. The third kappa shape index (κ3) is 3.48. The Hall–Kier alpha value is -2.88. The lowest BCUT2D eigenvalue weighted by Gasteiger charge is -2.15. The fraction of sp³-hybridized carbons (Fsp3) is 0.200. The van der Waals surface area contributed by atoms with Gasteiger partial charge in [-0.1, -0.05) is 0 Å². The molecule has 1 aliphatic rings. The predicted molar refractivity (Wildman–Crippen MR) is 84.9 cm³/mol. The van der Waals surface area contributed by atoms with Crippen molar-refractivity contribution in [3.05, 3.63) is 41.8 Å². The number of aromatic nitrogens is 1. The highest BCUT2D eigenvalue weighted by atomic mass is 32.2. The highest BCUT2D eigenvalue weighted by Gasteiger charge is 2.21. The Kier molecular flexibility index (Phi) is 4.45. The van der Waals surface area contributed by atoms with Gasteiger partial charge >= 0.3 is 0 Å². The van der Waals surface area contributed by atoms with Gasteiger partial charge in [-0.05, 0) is 30.2 Å². The number of rotatable bonds is 4. The van der Waals surface area contributed by atoms with E-state index in [0.717, 1.165) is 12.1 Å². The maximum absolute atomic E-state index is 13.4. The molecular formula is C15H13FN3O5S-. The average molecular weight is 366 g/mol. The summed E-state index contributed by atoms with van der Waals surface area (Å²) in [7, 11) is -2.90. The lowest BCUT2D eigenvalue weighted by atomic mass is 10.2. The summed E-state index contributed by atoms with van der Waals surface area (Å²) in [5, 5.41) is 11.9. The lowest BCUT2D eigenvalue weighted by Crippen LogP contribution is -2.20. The monoisotopic (exact) mass is 366 g/mol. The van der Waals surface area contributed by atoms with Gasteiger partial charge in [0.15, 0.2) is 0 Å². The van der Waals surface area contributed by atoms with Gasteiger partial charge in [-0.25, -0.2) is 17.8 Å². The molecule has 8 nitrogen and oxygen atoms in total. The van der Waals surface area contributed by atoms with Gasteiger partial charge in [-0.3, -0.25) is 9.71 Å². The van der Waals surface area contributed by atoms with E-state index >= 15 is 0 Å². The molecule has 0 bridgehead atoms. The van der Waals surface area contributed by atoms with Crippen LogP contribution in [0.15, 0.2) is 40.4 Å². The first-order chi connectivity index (χ1) is 11.9. The summed E-state index contributed by atoms with van der Waals surface area (Å²) in [4.78, 5) is 7.30. The van der Waals surface area contributed by atoms with Crippen molar-refractivity contribution in [1.29, 1.82) is 0 Å². The number of pyridine rings is 1. The summed E-state index contributed by atoms with van der Waals surface area (Å²) in [6, 6.07) is 4.39. The maximum atomic E-state index is 13.4. The Morgan fingerprint density at radius 3 is 2.92 bits per heavy atom. The third-order valence-corrected chi connectivity index (χ3v) is 4.74. The molecule has 0 amide bonds. The van der Waals surface area contributed by atoms with Crippen LogP contribution in [0.5, 0.6) is 11.6 Å². The van der Waals surface area contributed by atoms with E-state index in [4.69, 9.17) is 9.47 Å². The first-order valence-electron chi connectivity index (χ1n) is 7.12. The molecule has 3 rings (SSSR count). The topological polar surface area (TPSA) is 113 Å². The summed E-state index contributed by atoms with van der Waals surface area (Å²) < 4.78 is 51.0. The standard InChI is InChI=1S/C15H14FN3O5S/c1-23-12-3-2-9(16)6-13(12)25(21,22)19-10-7-11-14(20)17-4-5-24-15(11)18-8-10/h2-3,6-8,19H,4-5H2,1H3,(H,17,20)/p-1. The largest absolute Gasteiger partial charge is 0.858 e. The number of fused-ring (bicyclic) bond motifs is 1. The molecular weight excluding hydrogens is 353 g/mol. The second-order valence-electron chi connectivity index (χ2n) is 5.01. The predicted octanol–water partition coefficient (Wildman–Crippen LogP) is 0.529. The van der Waals surface area contributed by atoms with Crippen molar-refractivity contribution in [2.75, 3.05) is 25.0 Å². The molecule has 0 spiro atoms. The fourth-order valence-electron chi connectivity index (χ4n) is 2.22. The molecule has 1 aliphatic heterocycles. The van der Waals surface area contributed by atoms with E-state index in [2.05, 4.69) is 14.7 Å². The summed E-state index contributed by atoms with van der Waals surface area (Å²) in [6.07, 6.45) is 1.20. The normalized spacial score (nSPS) is 13.9. The highest BCUT2D eigenvalue weighted by molar-refractivity contribution is 7.92. The van der Waals surface area contributed by atoms with Gasteiger partial charge in [0.2, 0.25) is 5.88 Å². The van der Waals surface area contributed by atoms with Crippen LogP contribution in [0.2, 0.25) is 0 Å². The van der Waals surface area contributed by atoms with E-state index in [1.54, 1.807) is 0 Å². The van der Waals surface area contributed by atoms with Crippen molar-refractivity contribution < 1.29 is 27.4 Å². The van der Waals surface area contributed by atoms with Gasteiger partial charge in [-0.15, -0.1) is 0 Å². The number of nitrogens with zero attached hydrogens (tertiary/aromatic N) is 2. The van der Waals surface area contributed by atoms with Gasteiger partial charge in [-0.2, -0.15) is 0 Å². The molecule has 0 saturated heterocycles. The van der Waals surface area contributed by atoms with Gasteiger partial charge < -0.3 is 14.6 Å². The molecule has 132 valence electrons. The zero-order chi connectivity index (χ0) is 18.0. The van der Waals surface area contributed by atoms with Crippen molar-refractivity contribution in [3.8, 4) is 11.6 Å². The molecule has 0 fully saturated rings. The molecule has 25 heavy (non-hydrogen) atoms. The van der Waals surface area contributed by atoms with Gasteiger partial charge in [0.25, 0.3) is 10.0 Å². The summed E-state index contributed by atoms with van der Waals surface area (Å²) >= 11 is 0. The van der Waals surface area contributed by atoms with Crippen LogP contribution >= 0.6 is 0 Å². The summed E-state index contributed by atoms with van der Waals surface area (Å²) in [5.41, 5.74) is 0.0584. The molecule has 1 aromatic heterocycles. The lowest BCUT2D eigenvalue weighted by molar-refractivity contribution is -0.213. The maximum Gasteiger partial charge on any atom is 0.265 e. The molecule has 0 atom stereocenters. The van der Waals surface area contributed by atoms with E-state index in [1.807, 2.05) is 0 Å². The van der Waals surface area contributed by atoms with E-state index < -0.39 is 21.7 Å². The third-order valence-electron chi connectivity index (χ3n) is 3.33. The van der Waals surface area contributed by atoms with Crippen molar-refractivity contribution in [2.45, 2.75) is 4.90 Å². The molecule has 1 N–H and O–H groups in total. The number of benzene rings is 1. The Balaban J connectivity index is 1.98. The van der Waals surface area contributed by atoms with E-state index in [0.29, 0.717) is 0 Å². The number of anilines is 1. The number of ether oxygens (including phenoxy) is 2. The molecule has 1 aromatic carbocycles. The zero-order valence-electron chi connectivity index (χ0n) is 13.0. The number of hydrogen-bond acceptors (Lipinski definition) is 7. The Bertz CT molecular complexity index is 946. The SMILES string of the molecule is COc1ccc(F)cc1S(=O)(=O)Nc1cnc2c(c1)C([O-])=NCCO2. The van der Waals surface area contributed by atoms with Crippen LogP contribution in [0.25, 0.3) is 0 Å². The van der Waals surface area contributed by atoms with Crippen LogP contribution in [-0.2, 0) is 10.0 Å². The van der Waals surface area contributed by atoms with E-state index in [-0.39, 0.29) is 40.9 Å². The smallest absolute Gasteiger partial charge is 0.265 e. The average Bonchev–Trinajstić information content (AvgIpc) is 2.76. The highest BCUT2D eigenvalue weighted by Crippen LogP contribution is 2.28. The minimum atomic E-state index is -4.17. The Morgan fingerprint density at radius 1 is 1.36 bits per heavy atom. The van der Waals surface area contributed by atoms with Crippen molar-refractivity contribution in [2.24, 2.45) is 4.99 Å². The van der Waals surface area contributed by atoms with Crippen LogP contribution in [0.4, 0.5) is 10.1 Å². The summed E-state index contributed by atoms with van der Waals surface area (Å²) in [6.45, 7) is 0.397. The molecule has 0 radical (unpaired) electrons. The van der Waals surface area contributed by atoms with Crippen LogP contribution in [0.1, 0.15) is 5.56 Å². The second kappa shape index (κ2) is 6.55. The van der Waals surface area contributed by atoms with Crippen LogP contribution in [0, 0.1) is 5.82 Å². The quantitative estimate of drug-likeness (QED) is 0.844. The fourth-order valence-corrected chi connectivity index (χ4v) is 3.44. The van der Waals surface area contributed by atoms with Crippen molar-refractivity contribution >= 4 is 21.6 Å². The minimum absolute atomic E-state index is 0.0131. The van der Waals surface area contributed by atoms with Gasteiger partial charge in [0.05, 0.1) is 25.5 Å². The van der Waals surface area contributed by atoms with Crippen molar-refractivity contribution in [1.82, 2.24) is 4.98 Å².